The van der Waals surface area contributed by atoms with Crippen molar-refractivity contribution in [2.45, 2.75) is 26.1 Å². The smallest absolute Gasteiger partial charge is 0.260 e. The highest BCUT2D eigenvalue weighted by atomic mass is 16.5. The van der Waals surface area contributed by atoms with Crippen LogP contribution in [0.1, 0.15) is 19.4 Å². The zero-order chi connectivity index (χ0) is 13.5. The Morgan fingerprint density at radius 1 is 1.50 bits per heavy atom. The maximum Gasteiger partial charge on any atom is 0.260 e. The molecular formula is C13H16N2O3. The normalized spacial score (nSPS) is 13.2. The predicted molar refractivity (Wildman–Crippen MR) is 65.9 cm³/mol. The number of hydrogen-bond acceptors (Lipinski definition) is 4. The number of aliphatic hydroxyl groups is 1. The second-order valence-corrected chi connectivity index (χ2v) is 3.96. The van der Waals surface area contributed by atoms with Gasteiger partial charge in [0.15, 0.2) is 6.10 Å². The van der Waals surface area contributed by atoms with E-state index in [1.165, 1.54) is 0 Å². The molecule has 0 heterocycles. The van der Waals surface area contributed by atoms with Crippen LogP contribution < -0.4 is 10.1 Å². The SMILES string of the molecule is CC(Oc1ccccc1C#N)C(=O)NC[C@@H](C)O. The lowest BCUT2D eigenvalue weighted by molar-refractivity contribution is -0.127. The third kappa shape index (κ3) is 4.07. The van der Waals surface area contributed by atoms with Gasteiger partial charge in [0, 0.05) is 6.54 Å². The standard InChI is InChI=1S/C13H16N2O3/c1-9(16)8-15-13(17)10(2)18-12-6-4-3-5-11(12)7-14/h3-6,9-10,16H,8H2,1-2H3,(H,15,17)/t9-,10?/m1/s1. The molecule has 5 nitrogen and oxygen atoms in total. The fourth-order valence-corrected chi connectivity index (χ4v) is 1.30. The molecule has 1 amide bonds. The average molecular weight is 248 g/mol. The molecule has 2 N–H and O–H groups in total. The number of carbonyl (C=O) groups is 1. The Labute approximate surface area is 106 Å². The highest BCUT2D eigenvalue weighted by molar-refractivity contribution is 5.80. The summed E-state index contributed by atoms with van der Waals surface area (Å²) >= 11 is 0. The summed E-state index contributed by atoms with van der Waals surface area (Å²) in [5, 5.41) is 20.5. The number of aliphatic hydroxyl groups excluding tert-OH is 1. The molecule has 2 atom stereocenters. The van der Waals surface area contributed by atoms with E-state index in [2.05, 4.69) is 5.32 Å². The molecule has 0 bridgehead atoms. The van der Waals surface area contributed by atoms with E-state index in [-0.39, 0.29) is 12.5 Å². The van der Waals surface area contributed by atoms with Crippen molar-refractivity contribution in [2.75, 3.05) is 6.54 Å². The Morgan fingerprint density at radius 3 is 2.78 bits per heavy atom. The van der Waals surface area contributed by atoms with E-state index in [9.17, 15) is 4.79 Å². The minimum absolute atomic E-state index is 0.173. The van der Waals surface area contributed by atoms with Crippen LogP contribution in [-0.2, 0) is 4.79 Å². The highest BCUT2D eigenvalue weighted by Crippen LogP contribution is 2.17. The minimum atomic E-state index is -0.724. The summed E-state index contributed by atoms with van der Waals surface area (Å²) in [7, 11) is 0. The molecule has 0 aromatic heterocycles. The number of nitriles is 1. The van der Waals surface area contributed by atoms with Gasteiger partial charge in [0.05, 0.1) is 11.7 Å². The quantitative estimate of drug-likeness (QED) is 0.808. The third-order valence-corrected chi connectivity index (χ3v) is 2.25. The molecule has 0 spiro atoms. The Balaban J connectivity index is 2.61. The van der Waals surface area contributed by atoms with Crippen LogP contribution in [0.2, 0.25) is 0 Å². The van der Waals surface area contributed by atoms with Crippen molar-refractivity contribution in [3.05, 3.63) is 29.8 Å². The molecular weight excluding hydrogens is 232 g/mol. The van der Waals surface area contributed by atoms with E-state index in [1.54, 1.807) is 38.1 Å². The molecule has 1 aromatic rings. The van der Waals surface area contributed by atoms with E-state index in [0.717, 1.165) is 0 Å². The lowest BCUT2D eigenvalue weighted by Gasteiger charge is -2.16. The van der Waals surface area contributed by atoms with Crippen LogP contribution in [0, 0.1) is 11.3 Å². The number of ether oxygens (including phenoxy) is 1. The lowest BCUT2D eigenvalue weighted by atomic mass is 10.2. The molecule has 5 heteroatoms. The van der Waals surface area contributed by atoms with Crippen molar-refractivity contribution in [2.24, 2.45) is 0 Å². The number of para-hydroxylation sites is 1. The van der Waals surface area contributed by atoms with Crippen LogP contribution in [-0.4, -0.2) is 29.8 Å². The van der Waals surface area contributed by atoms with Crippen LogP contribution >= 0.6 is 0 Å². The molecule has 0 fully saturated rings. The molecule has 0 aliphatic carbocycles. The number of rotatable bonds is 5. The molecule has 0 aliphatic heterocycles. The number of benzene rings is 1. The molecule has 0 saturated carbocycles. The molecule has 96 valence electrons. The van der Waals surface area contributed by atoms with E-state index in [1.807, 2.05) is 6.07 Å². The largest absolute Gasteiger partial charge is 0.480 e. The molecule has 0 saturated heterocycles. The summed E-state index contributed by atoms with van der Waals surface area (Å²) < 4.78 is 5.41. The Kier molecular flexibility index (Phi) is 5.15. The van der Waals surface area contributed by atoms with Gasteiger partial charge in [-0.1, -0.05) is 12.1 Å². The summed E-state index contributed by atoms with van der Waals surface area (Å²) in [6, 6.07) is 8.71. The van der Waals surface area contributed by atoms with Gasteiger partial charge in [-0.15, -0.1) is 0 Å². The molecule has 0 radical (unpaired) electrons. The van der Waals surface area contributed by atoms with Gasteiger partial charge in [0.25, 0.3) is 5.91 Å². The fraction of sp³-hybridized carbons (Fsp3) is 0.385. The van der Waals surface area contributed by atoms with Crippen molar-refractivity contribution < 1.29 is 14.6 Å². The van der Waals surface area contributed by atoms with Gasteiger partial charge in [-0.25, -0.2) is 0 Å². The highest BCUT2D eigenvalue weighted by Gasteiger charge is 2.16. The number of carbonyl (C=O) groups excluding carboxylic acids is 1. The van der Waals surface area contributed by atoms with Crippen molar-refractivity contribution in [1.82, 2.24) is 5.32 Å². The molecule has 1 rings (SSSR count). The molecule has 1 unspecified atom stereocenters. The average Bonchev–Trinajstić information content (AvgIpc) is 2.36. The first-order valence-electron chi connectivity index (χ1n) is 5.66. The first-order valence-corrected chi connectivity index (χ1v) is 5.66. The topological polar surface area (TPSA) is 82.3 Å². The second kappa shape index (κ2) is 6.62. The third-order valence-electron chi connectivity index (χ3n) is 2.25. The molecule has 1 aromatic carbocycles. The van der Waals surface area contributed by atoms with E-state index < -0.39 is 12.2 Å². The Morgan fingerprint density at radius 2 is 2.17 bits per heavy atom. The van der Waals surface area contributed by atoms with E-state index >= 15 is 0 Å². The van der Waals surface area contributed by atoms with Crippen molar-refractivity contribution in [3.63, 3.8) is 0 Å². The number of nitrogens with one attached hydrogen (secondary N) is 1. The summed E-state index contributed by atoms with van der Waals surface area (Å²) in [5.41, 5.74) is 0.382. The first kappa shape index (κ1) is 14.0. The van der Waals surface area contributed by atoms with Gasteiger partial charge < -0.3 is 15.2 Å². The summed E-state index contributed by atoms with van der Waals surface area (Å²) in [6.07, 6.45) is -1.33. The van der Waals surface area contributed by atoms with Gasteiger partial charge in [-0.2, -0.15) is 5.26 Å². The van der Waals surface area contributed by atoms with Gasteiger partial charge in [0.2, 0.25) is 0 Å². The second-order valence-electron chi connectivity index (χ2n) is 3.96. The molecule has 18 heavy (non-hydrogen) atoms. The maximum atomic E-state index is 11.6. The zero-order valence-corrected chi connectivity index (χ0v) is 10.4. The van der Waals surface area contributed by atoms with Crippen LogP contribution in [0.4, 0.5) is 0 Å². The van der Waals surface area contributed by atoms with Gasteiger partial charge in [-0.3, -0.25) is 4.79 Å². The summed E-state index contributed by atoms with van der Waals surface area (Å²) in [5.74, 6) is 0.0448. The number of hydrogen-bond donors (Lipinski definition) is 2. The number of nitrogens with zero attached hydrogens (tertiary/aromatic N) is 1. The van der Waals surface area contributed by atoms with Crippen LogP contribution in [0.3, 0.4) is 0 Å². The lowest BCUT2D eigenvalue weighted by Crippen LogP contribution is -2.39. The monoisotopic (exact) mass is 248 g/mol. The van der Waals surface area contributed by atoms with Crippen LogP contribution in [0.15, 0.2) is 24.3 Å². The first-order chi connectivity index (χ1) is 8.54. The summed E-state index contributed by atoms with van der Waals surface area (Å²) in [6.45, 7) is 3.34. The molecule has 0 aliphatic rings. The van der Waals surface area contributed by atoms with Gasteiger partial charge in [-0.05, 0) is 26.0 Å². The Hall–Kier alpha value is -2.06. The minimum Gasteiger partial charge on any atom is -0.480 e. The van der Waals surface area contributed by atoms with Crippen LogP contribution in [0.25, 0.3) is 0 Å². The van der Waals surface area contributed by atoms with E-state index in [4.69, 9.17) is 15.1 Å². The maximum absolute atomic E-state index is 11.6. The van der Waals surface area contributed by atoms with Crippen LogP contribution in [0.5, 0.6) is 5.75 Å². The van der Waals surface area contributed by atoms with Gasteiger partial charge in [0.1, 0.15) is 11.8 Å². The van der Waals surface area contributed by atoms with E-state index in [0.29, 0.717) is 11.3 Å². The zero-order valence-electron chi connectivity index (χ0n) is 10.4. The fourth-order valence-electron chi connectivity index (χ4n) is 1.30. The van der Waals surface area contributed by atoms with Gasteiger partial charge >= 0.3 is 0 Å². The van der Waals surface area contributed by atoms with Crippen molar-refractivity contribution >= 4 is 5.91 Å². The predicted octanol–water partition coefficient (Wildman–Crippen LogP) is 0.823. The van der Waals surface area contributed by atoms with Crippen molar-refractivity contribution in [1.29, 1.82) is 5.26 Å². The Bertz CT molecular complexity index is 452. The number of amides is 1. The summed E-state index contributed by atoms with van der Waals surface area (Å²) in [4.78, 5) is 11.6. The van der Waals surface area contributed by atoms with Crippen molar-refractivity contribution in [3.8, 4) is 11.8 Å².